The quantitative estimate of drug-likeness (QED) is 0.369. The van der Waals surface area contributed by atoms with E-state index in [1.54, 1.807) is 10.6 Å². The van der Waals surface area contributed by atoms with Crippen LogP contribution in [0.4, 0.5) is 4.79 Å². The van der Waals surface area contributed by atoms with Crippen LogP contribution < -0.4 is 10.6 Å². The standard InChI is InChI=1S/C4H2N2O4.3H2O/c7-1-2(8)5-4(10)6-3(1)9;;;/h(H2,5,6,8,9,10);3*1H2. The summed E-state index contributed by atoms with van der Waals surface area (Å²) in [5, 5.41) is 3.20. The Balaban J connectivity index is -0.000000333. The summed E-state index contributed by atoms with van der Waals surface area (Å²) in [5.74, 6) is -3.62. The number of nitrogens with one attached hydrogen (secondary N) is 2. The first kappa shape index (κ1) is 17.3. The van der Waals surface area contributed by atoms with Gasteiger partial charge in [-0.3, -0.25) is 25.0 Å². The van der Waals surface area contributed by atoms with Gasteiger partial charge in [0.2, 0.25) is 0 Å². The number of imide groups is 2. The maximum absolute atomic E-state index is 10.3. The van der Waals surface area contributed by atoms with Crippen molar-refractivity contribution in [2.45, 2.75) is 0 Å². The minimum absolute atomic E-state index is 0. The summed E-state index contributed by atoms with van der Waals surface area (Å²) in [6.45, 7) is 0. The third kappa shape index (κ3) is 3.37. The molecule has 8 N–H and O–H groups in total. The average molecular weight is 196 g/mol. The predicted octanol–water partition coefficient (Wildman–Crippen LogP) is -4.55. The highest BCUT2D eigenvalue weighted by atomic mass is 16.2. The number of hydrogen-bond donors (Lipinski definition) is 2. The van der Waals surface area contributed by atoms with E-state index in [4.69, 9.17) is 0 Å². The molecule has 1 saturated heterocycles. The molecule has 0 aromatic rings. The number of amides is 4. The van der Waals surface area contributed by atoms with Gasteiger partial charge in [-0.2, -0.15) is 0 Å². The molecule has 0 unspecified atom stereocenters. The third-order valence-corrected chi connectivity index (χ3v) is 0.867. The summed E-state index contributed by atoms with van der Waals surface area (Å²) in [6, 6.07) is -0.963. The van der Waals surface area contributed by atoms with Crippen LogP contribution in [0.2, 0.25) is 0 Å². The van der Waals surface area contributed by atoms with Crippen LogP contribution in [0.25, 0.3) is 0 Å². The van der Waals surface area contributed by atoms with Crippen molar-refractivity contribution < 1.29 is 35.6 Å². The molecule has 0 aromatic heterocycles. The van der Waals surface area contributed by atoms with Crippen molar-refractivity contribution in [2.24, 2.45) is 0 Å². The summed E-state index contributed by atoms with van der Waals surface area (Å²) in [6.07, 6.45) is 0. The zero-order valence-electron chi connectivity index (χ0n) is 6.13. The van der Waals surface area contributed by atoms with Crippen molar-refractivity contribution in [1.82, 2.24) is 10.6 Å². The Morgan fingerprint density at radius 1 is 0.692 bits per heavy atom. The highest BCUT2D eigenvalue weighted by Crippen LogP contribution is 1.81. The van der Waals surface area contributed by atoms with Crippen LogP contribution in [-0.4, -0.2) is 40.1 Å². The molecule has 0 radical (unpaired) electrons. The fraction of sp³-hybridized carbons (Fsp3) is 0. The zero-order chi connectivity index (χ0) is 7.72. The number of carbonyl (C=O) groups excluding carboxylic acids is 4. The van der Waals surface area contributed by atoms with Gasteiger partial charge in [-0.25, -0.2) is 4.79 Å². The van der Waals surface area contributed by atoms with Crippen molar-refractivity contribution in [3.63, 3.8) is 0 Å². The third-order valence-electron chi connectivity index (χ3n) is 0.867. The van der Waals surface area contributed by atoms with Gasteiger partial charge in [0, 0.05) is 0 Å². The fourth-order valence-corrected chi connectivity index (χ4v) is 0.454. The van der Waals surface area contributed by atoms with Gasteiger partial charge in [-0.1, -0.05) is 0 Å². The van der Waals surface area contributed by atoms with E-state index in [2.05, 4.69) is 0 Å². The van der Waals surface area contributed by atoms with E-state index in [1.165, 1.54) is 0 Å². The number of Topliss-reactive ketones (excluding diaryl/α,β-unsaturated/α-hetero) is 1. The molecule has 1 aliphatic rings. The van der Waals surface area contributed by atoms with Crippen molar-refractivity contribution in [2.75, 3.05) is 0 Å². The van der Waals surface area contributed by atoms with Gasteiger partial charge in [-0.05, 0) is 0 Å². The van der Waals surface area contributed by atoms with Gasteiger partial charge in [0.1, 0.15) is 0 Å². The molecule has 1 heterocycles. The van der Waals surface area contributed by atoms with Crippen LogP contribution in [0.3, 0.4) is 0 Å². The molecule has 1 aliphatic heterocycles. The summed E-state index contributed by atoms with van der Waals surface area (Å²) in [4.78, 5) is 41.1. The summed E-state index contributed by atoms with van der Waals surface area (Å²) in [7, 11) is 0. The summed E-state index contributed by atoms with van der Waals surface area (Å²) >= 11 is 0. The van der Waals surface area contributed by atoms with Gasteiger partial charge in [0.25, 0.3) is 0 Å². The SMILES string of the molecule is O.O.O.O=C1NC(=O)C(=O)C(=O)N1. The van der Waals surface area contributed by atoms with Crippen LogP contribution in [0, 0.1) is 0 Å². The molecule has 76 valence electrons. The minimum Gasteiger partial charge on any atom is -0.412 e. The normalized spacial score (nSPS) is 14.2. The van der Waals surface area contributed by atoms with Crippen LogP contribution in [-0.2, 0) is 14.4 Å². The van der Waals surface area contributed by atoms with Crippen molar-refractivity contribution in [3.05, 3.63) is 0 Å². The second kappa shape index (κ2) is 5.77. The van der Waals surface area contributed by atoms with E-state index in [9.17, 15) is 19.2 Å². The van der Waals surface area contributed by atoms with Crippen molar-refractivity contribution >= 4 is 23.6 Å². The molecule has 0 bridgehead atoms. The molecule has 0 atom stereocenters. The van der Waals surface area contributed by atoms with Crippen LogP contribution in [0.5, 0.6) is 0 Å². The monoisotopic (exact) mass is 196 g/mol. The van der Waals surface area contributed by atoms with Crippen molar-refractivity contribution in [1.29, 1.82) is 0 Å². The maximum Gasteiger partial charge on any atom is 0.328 e. The molecule has 0 aromatic carbocycles. The molecule has 9 heteroatoms. The average Bonchev–Trinajstić information content (AvgIpc) is 1.82. The Morgan fingerprint density at radius 3 is 1.31 bits per heavy atom. The lowest BCUT2D eigenvalue weighted by Crippen LogP contribution is -2.56. The topological polar surface area (TPSA) is 187 Å². The smallest absolute Gasteiger partial charge is 0.328 e. The van der Waals surface area contributed by atoms with Crippen molar-refractivity contribution in [3.8, 4) is 0 Å². The molecule has 0 spiro atoms. The summed E-state index contributed by atoms with van der Waals surface area (Å²) < 4.78 is 0. The van der Waals surface area contributed by atoms with Crippen LogP contribution >= 0.6 is 0 Å². The lowest BCUT2D eigenvalue weighted by atomic mass is 10.3. The largest absolute Gasteiger partial charge is 0.412 e. The van der Waals surface area contributed by atoms with E-state index >= 15 is 0 Å². The van der Waals surface area contributed by atoms with Crippen LogP contribution in [0.15, 0.2) is 0 Å². The minimum atomic E-state index is -1.25. The Labute approximate surface area is 71.0 Å². The molecule has 4 amide bonds. The van der Waals surface area contributed by atoms with Crippen LogP contribution in [0.1, 0.15) is 0 Å². The molecule has 1 fully saturated rings. The van der Waals surface area contributed by atoms with Gasteiger partial charge in [0.15, 0.2) is 0 Å². The Hall–Kier alpha value is -1.84. The number of hydrogen-bond acceptors (Lipinski definition) is 4. The number of rotatable bonds is 0. The Kier molecular flexibility index (Phi) is 7.67. The molecule has 9 nitrogen and oxygen atoms in total. The first-order valence-corrected chi connectivity index (χ1v) is 2.32. The van der Waals surface area contributed by atoms with Gasteiger partial charge < -0.3 is 16.4 Å². The van der Waals surface area contributed by atoms with Gasteiger partial charge >= 0.3 is 23.6 Å². The molecule has 13 heavy (non-hydrogen) atoms. The van der Waals surface area contributed by atoms with E-state index < -0.39 is 23.6 Å². The molecule has 0 saturated carbocycles. The van der Waals surface area contributed by atoms with Gasteiger partial charge in [-0.15, -0.1) is 0 Å². The highest BCUT2D eigenvalue weighted by molar-refractivity contribution is 6.66. The first-order valence-electron chi connectivity index (χ1n) is 2.32. The second-order valence-electron chi connectivity index (χ2n) is 1.57. The molecular formula is C4H8N2O7. The van der Waals surface area contributed by atoms with E-state index in [0.29, 0.717) is 0 Å². The predicted molar refractivity (Wildman–Crippen MR) is 37.5 cm³/mol. The van der Waals surface area contributed by atoms with Gasteiger partial charge in [0.05, 0.1) is 0 Å². The van der Waals surface area contributed by atoms with E-state index in [1.807, 2.05) is 0 Å². The number of urea groups is 1. The number of ketones is 1. The number of barbiturate groups is 1. The molecule has 1 rings (SSSR count). The lowest BCUT2D eigenvalue weighted by Gasteiger charge is -2.07. The molecule has 0 aliphatic carbocycles. The number of carbonyl (C=O) groups is 4. The fourth-order valence-electron chi connectivity index (χ4n) is 0.454. The lowest BCUT2D eigenvalue weighted by molar-refractivity contribution is -0.146. The second-order valence-corrected chi connectivity index (χ2v) is 1.57. The Bertz CT molecular complexity index is 225. The molecular weight excluding hydrogens is 188 g/mol. The summed E-state index contributed by atoms with van der Waals surface area (Å²) in [5.41, 5.74) is 0. The highest BCUT2D eigenvalue weighted by Gasteiger charge is 2.31. The van der Waals surface area contributed by atoms with E-state index in [0.717, 1.165) is 0 Å². The maximum atomic E-state index is 10.3. The zero-order valence-corrected chi connectivity index (χ0v) is 6.13. The first-order chi connectivity index (χ1) is 4.61. The van der Waals surface area contributed by atoms with E-state index in [-0.39, 0.29) is 16.4 Å². The Morgan fingerprint density at radius 2 is 1.00 bits per heavy atom.